The Morgan fingerprint density at radius 1 is 1.52 bits per heavy atom. The SMILES string of the molecule is CC(C)(C)OC(=O)N1CCCC12CC2c1cnccc1Cl. The Labute approximate surface area is 130 Å². The minimum absolute atomic E-state index is 0.102. The predicted octanol–water partition coefficient (Wildman–Crippen LogP) is 3.99. The smallest absolute Gasteiger partial charge is 0.410 e. The summed E-state index contributed by atoms with van der Waals surface area (Å²) in [5.41, 5.74) is 0.487. The number of carbonyl (C=O) groups excluding carboxylic acids is 1. The third-order valence-electron chi connectivity index (χ3n) is 4.36. The summed E-state index contributed by atoms with van der Waals surface area (Å²) in [6.07, 6.45) is 6.31. The summed E-state index contributed by atoms with van der Waals surface area (Å²) >= 11 is 6.28. The van der Waals surface area contributed by atoms with Crippen LogP contribution in [0.25, 0.3) is 0 Å². The summed E-state index contributed by atoms with van der Waals surface area (Å²) in [5.74, 6) is 0.286. The Kier molecular flexibility index (Phi) is 3.40. The summed E-state index contributed by atoms with van der Waals surface area (Å²) in [6.45, 7) is 6.46. The number of aromatic nitrogens is 1. The molecule has 1 aromatic heterocycles. The number of hydrogen-bond acceptors (Lipinski definition) is 3. The molecule has 1 aromatic rings. The van der Waals surface area contributed by atoms with Gasteiger partial charge in [-0.05, 0) is 51.7 Å². The van der Waals surface area contributed by atoms with Gasteiger partial charge in [-0.3, -0.25) is 4.98 Å². The van der Waals surface area contributed by atoms with Crippen molar-refractivity contribution in [2.24, 2.45) is 0 Å². The lowest BCUT2D eigenvalue weighted by Crippen LogP contribution is -2.42. The van der Waals surface area contributed by atoms with Crippen molar-refractivity contribution in [1.29, 1.82) is 0 Å². The number of amides is 1. The van der Waals surface area contributed by atoms with Crippen molar-refractivity contribution in [3.63, 3.8) is 0 Å². The van der Waals surface area contributed by atoms with Gasteiger partial charge in [0.25, 0.3) is 0 Å². The molecule has 0 N–H and O–H groups in total. The van der Waals surface area contributed by atoms with Crippen LogP contribution in [0.1, 0.15) is 51.5 Å². The summed E-state index contributed by atoms with van der Waals surface area (Å²) in [6, 6.07) is 1.82. The molecule has 114 valence electrons. The first-order chi connectivity index (χ1) is 9.83. The van der Waals surface area contributed by atoms with Crippen molar-refractivity contribution in [3.05, 3.63) is 29.0 Å². The Balaban J connectivity index is 1.80. The monoisotopic (exact) mass is 308 g/mol. The van der Waals surface area contributed by atoms with Gasteiger partial charge in [0.1, 0.15) is 5.60 Å². The summed E-state index contributed by atoms with van der Waals surface area (Å²) < 4.78 is 5.55. The molecule has 1 saturated heterocycles. The fourth-order valence-corrected chi connectivity index (χ4v) is 3.64. The molecule has 0 bridgehead atoms. The molecule has 1 amide bonds. The number of ether oxygens (including phenoxy) is 1. The molecule has 2 aliphatic rings. The molecule has 3 rings (SSSR count). The van der Waals surface area contributed by atoms with E-state index in [1.807, 2.05) is 37.9 Å². The Hall–Kier alpha value is -1.29. The lowest BCUT2D eigenvalue weighted by atomic mass is 10.1. The zero-order valence-electron chi connectivity index (χ0n) is 12.7. The van der Waals surface area contributed by atoms with Gasteiger partial charge in [-0.2, -0.15) is 0 Å². The van der Waals surface area contributed by atoms with E-state index in [2.05, 4.69) is 4.98 Å². The van der Waals surface area contributed by atoms with Crippen molar-refractivity contribution < 1.29 is 9.53 Å². The van der Waals surface area contributed by atoms with Gasteiger partial charge in [-0.25, -0.2) is 4.79 Å². The molecular weight excluding hydrogens is 288 g/mol. The third-order valence-corrected chi connectivity index (χ3v) is 4.70. The lowest BCUT2D eigenvalue weighted by Gasteiger charge is -2.29. The number of hydrogen-bond donors (Lipinski definition) is 0. The van der Waals surface area contributed by atoms with Gasteiger partial charge in [0.2, 0.25) is 0 Å². The van der Waals surface area contributed by atoms with Crippen LogP contribution >= 0.6 is 11.6 Å². The van der Waals surface area contributed by atoms with Crippen molar-refractivity contribution in [2.75, 3.05) is 6.54 Å². The summed E-state index contributed by atoms with van der Waals surface area (Å²) in [7, 11) is 0. The Morgan fingerprint density at radius 3 is 2.95 bits per heavy atom. The molecule has 2 heterocycles. The van der Waals surface area contributed by atoms with Gasteiger partial charge in [0.05, 0.1) is 5.54 Å². The molecule has 1 aliphatic carbocycles. The van der Waals surface area contributed by atoms with E-state index in [1.165, 1.54) is 0 Å². The maximum Gasteiger partial charge on any atom is 0.410 e. The van der Waals surface area contributed by atoms with Crippen LogP contribution in [-0.4, -0.2) is 33.7 Å². The first-order valence-corrected chi connectivity index (χ1v) is 7.81. The highest BCUT2D eigenvalue weighted by molar-refractivity contribution is 6.31. The van der Waals surface area contributed by atoms with Gasteiger partial charge in [-0.1, -0.05) is 11.6 Å². The van der Waals surface area contributed by atoms with Crippen LogP contribution in [-0.2, 0) is 4.74 Å². The van der Waals surface area contributed by atoms with Crippen LogP contribution in [0.2, 0.25) is 5.02 Å². The average Bonchev–Trinajstić information content (AvgIpc) is 2.90. The summed E-state index contributed by atoms with van der Waals surface area (Å²) in [4.78, 5) is 18.5. The highest BCUT2D eigenvalue weighted by atomic mass is 35.5. The van der Waals surface area contributed by atoms with E-state index in [1.54, 1.807) is 6.20 Å². The van der Waals surface area contributed by atoms with Crippen LogP contribution in [0.15, 0.2) is 18.5 Å². The van der Waals surface area contributed by atoms with Crippen molar-refractivity contribution in [1.82, 2.24) is 9.88 Å². The molecule has 2 fully saturated rings. The van der Waals surface area contributed by atoms with Crippen LogP contribution in [0.4, 0.5) is 4.79 Å². The second-order valence-electron chi connectivity index (χ2n) is 6.99. The molecule has 1 aliphatic heterocycles. The van der Waals surface area contributed by atoms with E-state index < -0.39 is 5.60 Å². The van der Waals surface area contributed by atoms with Gasteiger partial charge < -0.3 is 9.64 Å². The number of carbonyl (C=O) groups is 1. The van der Waals surface area contributed by atoms with Gasteiger partial charge in [0, 0.05) is 29.9 Å². The van der Waals surface area contributed by atoms with E-state index >= 15 is 0 Å². The van der Waals surface area contributed by atoms with E-state index in [-0.39, 0.29) is 17.6 Å². The van der Waals surface area contributed by atoms with Gasteiger partial charge in [-0.15, -0.1) is 0 Å². The largest absolute Gasteiger partial charge is 0.444 e. The molecule has 0 radical (unpaired) electrons. The number of pyridine rings is 1. The number of rotatable bonds is 1. The minimum Gasteiger partial charge on any atom is -0.444 e. The molecule has 1 spiro atoms. The molecule has 4 nitrogen and oxygen atoms in total. The molecular formula is C16H21ClN2O2. The highest BCUT2D eigenvalue weighted by Gasteiger charge is 2.63. The highest BCUT2D eigenvalue weighted by Crippen LogP contribution is 2.61. The number of nitrogens with zero attached hydrogens (tertiary/aromatic N) is 2. The zero-order chi connectivity index (χ0) is 15.3. The van der Waals surface area contributed by atoms with Crippen LogP contribution in [0.3, 0.4) is 0 Å². The topological polar surface area (TPSA) is 42.4 Å². The lowest BCUT2D eigenvalue weighted by molar-refractivity contribution is 0.0198. The molecule has 1 saturated carbocycles. The third kappa shape index (κ3) is 2.61. The standard InChI is InChI=1S/C16H21ClN2O2/c1-15(2,3)21-14(20)19-8-4-6-16(19)9-12(16)11-10-18-7-5-13(11)17/h5,7,10,12H,4,6,8-9H2,1-3H3. The predicted molar refractivity (Wildman–Crippen MR) is 81.5 cm³/mol. The van der Waals surface area contributed by atoms with E-state index in [0.717, 1.165) is 36.4 Å². The van der Waals surface area contributed by atoms with E-state index in [9.17, 15) is 4.79 Å². The van der Waals surface area contributed by atoms with Crippen molar-refractivity contribution in [2.45, 2.75) is 57.1 Å². The molecule has 2 atom stereocenters. The van der Waals surface area contributed by atoms with Crippen LogP contribution < -0.4 is 0 Å². The second-order valence-corrected chi connectivity index (χ2v) is 7.40. The maximum atomic E-state index is 12.4. The van der Waals surface area contributed by atoms with Gasteiger partial charge in [0.15, 0.2) is 0 Å². The number of likely N-dealkylation sites (tertiary alicyclic amines) is 1. The average molecular weight is 309 g/mol. The maximum absolute atomic E-state index is 12.4. The summed E-state index contributed by atoms with van der Waals surface area (Å²) in [5, 5.41) is 0.739. The zero-order valence-corrected chi connectivity index (χ0v) is 13.5. The Morgan fingerprint density at radius 2 is 2.29 bits per heavy atom. The molecule has 21 heavy (non-hydrogen) atoms. The first kappa shape index (κ1) is 14.6. The van der Waals surface area contributed by atoms with Crippen LogP contribution in [0.5, 0.6) is 0 Å². The number of halogens is 1. The van der Waals surface area contributed by atoms with Crippen LogP contribution in [0, 0.1) is 0 Å². The van der Waals surface area contributed by atoms with Crippen molar-refractivity contribution in [3.8, 4) is 0 Å². The normalized spacial score (nSPS) is 28.0. The second kappa shape index (κ2) is 4.87. The molecule has 0 aromatic carbocycles. The first-order valence-electron chi connectivity index (χ1n) is 7.43. The fourth-order valence-electron chi connectivity index (χ4n) is 3.41. The molecule has 5 heteroatoms. The van der Waals surface area contributed by atoms with Gasteiger partial charge >= 0.3 is 6.09 Å². The minimum atomic E-state index is -0.461. The van der Waals surface area contributed by atoms with Crippen molar-refractivity contribution >= 4 is 17.7 Å². The fraction of sp³-hybridized carbons (Fsp3) is 0.625. The molecule has 2 unspecified atom stereocenters. The van der Waals surface area contributed by atoms with E-state index in [4.69, 9.17) is 16.3 Å². The quantitative estimate of drug-likeness (QED) is 0.787. The Bertz CT molecular complexity index is 570. The van der Waals surface area contributed by atoms with E-state index in [0.29, 0.717) is 0 Å².